The van der Waals surface area contributed by atoms with E-state index >= 15 is 0 Å². The molecule has 0 radical (unpaired) electrons. The molecule has 0 bridgehead atoms. The van der Waals surface area contributed by atoms with E-state index in [1.807, 2.05) is 0 Å². The Bertz CT molecular complexity index is 969. The van der Waals surface area contributed by atoms with Gasteiger partial charge >= 0.3 is 5.97 Å². The maximum Gasteiger partial charge on any atom is 0.326 e. The number of aromatic nitrogens is 2. The molecule has 4 rings (SSSR count). The smallest absolute Gasteiger partial charge is 0.326 e. The van der Waals surface area contributed by atoms with Crippen molar-refractivity contribution < 1.29 is 14.3 Å². The van der Waals surface area contributed by atoms with Gasteiger partial charge in [-0.3, -0.25) is 0 Å². The molecule has 1 aliphatic carbocycles. The summed E-state index contributed by atoms with van der Waals surface area (Å²) in [5.74, 6) is 0.125. The molecule has 1 atom stereocenters. The van der Waals surface area contributed by atoms with Crippen LogP contribution in [0.1, 0.15) is 44.6 Å². The zero-order valence-corrected chi connectivity index (χ0v) is 18.0. The third-order valence-corrected chi connectivity index (χ3v) is 6.11. The lowest BCUT2D eigenvalue weighted by atomic mass is 10.2. The Morgan fingerprint density at radius 2 is 2.16 bits per heavy atom. The molecule has 0 amide bonds. The van der Waals surface area contributed by atoms with Crippen molar-refractivity contribution in [1.82, 2.24) is 9.97 Å². The van der Waals surface area contributed by atoms with Gasteiger partial charge in [0.25, 0.3) is 0 Å². The van der Waals surface area contributed by atoms with Gasteiger partial charge in [0.15, 0.2) is 11.6 Å². The number of nitrogens with one attached hydrogen (secondary N) is 3. The topological polar surface area (TPSA) is 102 Å². The Morgan fingerprint density at radius 1 is 1.39 bits per heavy atom. The second-order valence-corrected chi connectivity index (χ2v) is 8.29. The molecule has 4 N–H and O–H groups in total. The molecule has 0 spiro atoms. The number of rotatable bonds is 8. The molecule has 10 heteroatoms. The number of halogens is 2. The quantitative estimate of drug-likeness (QED) is 0.474. The van der Waals surface area contributed by atoms with E-state index in [-0.39, 0.29) is 11.0 Å². The summed E-state index contributed by atoms with van der Waals surface area (Å²) in [7, 11) is 0. The third kappa shape index (κ3) is 4.61. The average Bonchev–Trinajstić information content (AvgIpc) is 3.42. The summed E-state index contributed by atoms with van der Waals surface area (Å²) in [5, 5.41) is 19.0. The van der Waals surface area contributed by atoms with E-state index in [0.717, 1.165) is 24.3 Å². The van der Waals surface area contributed by atoms with Crippen molar-refractivity contribution in [2.45, 2.75) is 57.7 Å². The highest BCUT2D eigenvalue weighted by molar-refractivity contribution is 6.30. The number of hydrogen-bond donors (Lipinski definition) is 4. The standard InChI is InChI=1S/C21H26ClFN6O2/c1-2-16(20(30)31)26-21-27-18(24-10-12-7-8-14(22)15(23)9-12)17-19(28-21)29(11-25-17)13-5-3-4-6-13/h7-9,13,16,25H,2-6,10-11H2,1H3,(H,30,31)(H2,24,26,27,28). The Hall–Kier alpha value is -2.81. The number of carboxylic acid groups (broad SMARTS) is 1. The molecule has 0 saturated heterocycles. The first-order valence-corrected chi connectivity index (χ1v) is 10.9. The molecule has 2 heterocycles. The Balaban J connectivity index is 1.63. The van der Waals surface area contributed by atoms with E-state index < -0.39 is 17.8 Å². The SMILES string of the molecule is CCC(Nc1nc(NCc2ccc(Cl)c(F)c2)c2c(n1)N(C1CCCC1)CN2)C(=O)O. The van der Waals surface area contributed by atoms with Crippen LogP contribution in [0.4, 0.5) is 27.7 Å². The highest BCUT2D eigenvalue weighted by atomic mass is 35.5. The van der Waals surface area contributed by atoms with E-state index in [4.69, 9.17) is 11.6 Å². The minimum atomic E-state index is -0.955. The van der Waals surface area contributed by atoms with Gasteiger partial charge in [0.05, 0.1) is 11.7 Å². The molecule has 1 unspecified atom stereocenters. The predicted octanol–water partition coefficient (Wildman–Crippen LogP) is 4.29. The van der Waals surface area contributed by atoms with Crippen LogP contribution in [0.5, 0.6) is 0 Å². The largest absolute Gasteiger partial charge is 0.480 e. The minimum Gasteiger partial charge on any atom is -0.480 e. The van der Waals surface area contributed by atoms with Crippen LogP contribution < -0.4 is 20.9 Å². The van der Waals surface area contributed by atoms with Crippen molar-refractivity contribution in [3.63, 3.8) is 0 Å². The fourth-order valence-corrected chi connectivity index (χ4v) is 4.22. The van der Waals surface area contributed by atoms with E-state index in [1.165, 1.54) is 25.0 Å². The van der Waals surface area contributed by atoms with Gasteiger partial charge in [0.1, 0.15) is 17.5 Å². The van der Waals surface area contributed by atoms with Crippen molar-refractivity contribution >= 4 is 40.8 Å². The molecule has 1 saturated carbocycles. The van der Waals surface area contributed by atoms with Crippen LogP contribution in [-0.4, -0.2) is 39.8 Å². The number of anilines is 4. The van der Waals surface area contributed by atoms with Crippen LogP contribution in [0, 0.1) is 5.82 Å². The molecule has 1 aromatic carbocycles. The number of aliphatic carboxylic acids is 1. The molecule has 166 valence electrons. The van der Waals surface area contributed by atoms with Crippen molar-refractivity contribution in [2.24, 2.45) is 0 Å². The lowest BCUT2D eigenvalue weighted by molar-refractivity contribution is -0.138. The van der Waals surface area contributed by atoms with Gasteiger partial charge in [0, 0.05) is 12.6 Å². The Morgan fingerprint density at radius 3 is 2.84 bits per heavy atom. The summed E-state index contributed by atoms with van der Waals surface area (Å²) in [6, 6.07) is 4.26. The summed E-state index contributed by atoms with van der Waals surface area (Å²) >= 11 is 5.77. The number of carboxylic acids is 1. The summed E-state index contributed by atoms with van der Waals surface area (Å²) in [4.78, 5) is 22.9. The van der Waals surface area contributed by atoms with Crippen LogP contribution >= 0.6 is 11.6 Å². The number of benzene rings is 1. The van der Waals surface area contributed by atoms with Gasteiger partial charge in [-0.2, -0.15) is 9.97 Å². The van der Waals surface area contributed by atoms with Gasteiger partial charge in [-0.1, -0.05) is 37.4 Å². The van der Waals surface area contributed by atoms with Crippen LogP contribution in [0.15, 0.2) is 18.2 Å². The average molecular weight is 449 g/mol. The summed E-state index contributed by atoms with van der Waals surface area (Å²) in [6.07, 6.45) is 4.99. The minimum absolute atomic E-state index is 0.0753. The van der Waals surface area contributed by atoms with Crippen LogP contribution in [-0.2, 0) is 11.3 Å². The van der Waals surface area contributed by atoms with Gasteiger partial charge in [0.2, 0.25) is 5.95 Å². The molecular formula is C21H26ClFN6O2. The second-order valence-electron chi connectivity index (χ2n) is 7.88. The zero-order valence-electron chi connectivity index (χ0n) is 17.3. The van der Waals surface area contributed by atoms with Crippen molar-refractivity contribution in [3.8, 4) is 0 Å². The molecule has 1 aliphatic heterocycles. The van der Waals surface area contributed by atoms with Crippen LogP contribution in [0.2, 0.25) is 5.02 Å². The number of carbonyl (C=O) groups is 1. The summed E-state index contributed by atoms with van der Waals surface area (Å²) < 4.78 is 13.8. The van der Waals surface area contributed by atoms with E-state index in [0.29, 0.717) is 37.1 Å². The van der Waals surface area contributed by atoms with Crippen molar-refractivity contribution in [2.75, 3.05) is 27.5 Å². The highest BCUT2D eigenvalue weighted by Gasteiger charge is 2.32. The second kappa shape index (κ2) is 9.13. The maximum atomic E-state index is 13.8. The van der Waals surface area contributed by atoms with E-state index in [9.17, 15) is 14.3 Å². The Kier molecular flexibility index (Phi) is 6.31. The number of hydrogen-bond acceptors (Lipinski definition) is 7. The maximum absolute atomic E-state index is 13.8. The van der Waals surface area contributed by atoms with Gasteiger partial charge in [-0.25, -0.2) is 9.18 Å². The molecule has 1 fully saturated rings. The Labute approximate surface area is 185 Å². The third-order valence-electron chi connectivity index (χ3n) is 5.81. The molecule has 2 aliphatic rings. The fraction of sp³-hybridized carbons (Fsp3) is 0.476. The van der Waals surface area contributed by atoms with Crippen LogP contribution in [0.3, 0.4) is 0 Å². The summed E-state index contributed by atoms with van der Waals surface area (Å²) in [5.41, 5.74) is 1.49. The first-order chi connectivity index (χ1) is 15.0. The number of fused-ring (bicyclic) bond motifs is 1. The van der Waals surface area contributed by atoms with Gasteiger partial charge < -0.3 is 26.0 Å². The lowest BCUT2D eigenvalue weighted by Crippen LogP contribution is -2.33. The highest BCUT2D eigenvalue weighted by Crippen LogP contribution is 2.40. The van der Waals surface area contributed by atoms with Crippen LogP contribution in [0.25, 0.3) is 0 Å². The normalized spacial score (nSPS) is 16.7. The first kappa shape index (κ1) is 21.4. The number of nitrogens with zero attached hydrogens (tertiary/aromatic N) is 3. The molecule has 31 heavy (non-hydrogen) atoms. The van der Waals surface area contributed by atoms with Crippen molar-refractivity contribution in [3.05, 3.63) is 34.6 Å². The van der Waals surface area contributed by atoms with Gasteiger partial charge in [-0.05, 0) is 37.0 Å². The lowest BCUT2D eigenvalue weighted by Gasteiger charge is -2.25. The summed E-state index contributed by atoms with van der Waals surface area (Å²) in [6.45, 7) is 2.75. The van der Waals surface area contributed by atoms with Crippen molar-refractivity contribution in [1.29, 1.82) is 0 Å². The fourth-order valence-electron chi connectivity index (χ4n) is 4.10. The van der Waals surface area contributed by atoms with E-state index in [1.54, 1.807) is 13.0 Å². The monoisotopic (exact) mass is 448 g/mol. The first-order valence-electron chi connectivity index (χ1n) is 10.6. The molecular weight excluding hydrogens is 423 g/mol. The molecule has 8 nitrogen and oxygen atoms in total. The molecule has 1 aromatic heterocycles. The predicted molar refractivity (Wildman–Crippen MR) is 119 cm³/mol. The molecule has 2 aromatic rings. The van der Waals surface area contributed by atoms with Gasteiger partial charge in [-0.15, -0.1) is 0 Å². The van der Waals surface area contributed by atoms with E-state index in [2.05, 4.69) is 30.8 Å². The zero-order chi connectivity index (χ0) is 22.0.